The molecule has 0 saturated heterocycles. The van der Waals surface area contributed by atoms with Gasteiger partial charge in [-0.25, -0.2) is 0 Å². The number of rotatable bonds is 3. The standard InChI is InChI=1S/C18H17NO2/c1-12-10-13(2)16-15(11-12)19(18(21)17(16)20)9-8-14-6-4-3-5-7-14/h3-7,10-11H,8-9H2,1-2H3. The van der Waals surface area contributed by atoms with Crippen molar-refractivity contribution in [3.05, 3.63) is 64.7 Å². The van der Waals surface area contributed by atoms with E-state index in [1.54, 1.807) is 4.90 Å². The van der Waals surface area contributed by atoms with Crippen LogP contribution in [0.4, 0.5) is 5.69 Å². The summed E-state index contributed by atoms with van der Waals surface area (Å²) in [5.41, 5.74) is 4.44. The third kappa shape index (κ3) is 2.35. The van der Waals surface area contributed by atoms with E-state index in [-0.39, 0.29) is 5.78 Å². The van der Waals surface area contributed by atoms with Crippen LogP contribution >= 0.6 is 0 Å². The van der Waals surface area contributed by atoms with Gasteiger partial charge in [0.25, 0.3) is 11.7 Å². The van der Waals surface area contributed by atoms with Crippen LogP contribution in [0.25, 0.3) is 0 Å². The molecule has 3 rings (SSSR count). The summed E-state index contributed by atoms with van der Waals surface area (Å²) in [6.45, 7) is 4.40. The van der Waals surface area contributed by atoms with Crippen LogP contribution in [0.5, 0.6) is 0 Å². The Bertz CT molecular complexity index is 719. The molecule has 0 unspecified atom stereocenters. The largest absolute Gasteiger partial charge is 0.304 e. The quantitative estimate of drug-likeness (QED) is 0.810. The van der Waals surface area contributed by atoms with Crippen LogP contribution in [0.3, 0.4) is 0 Å². The molecular weight excluding hydrogens is 262 g/mol. The number of hydrogen-bond acceptors (Lipinski definition) is 2. The smallest absolute Gasteiger partial charge is 0.299 e. The summed E-state index contributed by atoms with van der Waals surface area (Å²) in [7, 11) is 0. The maximum atomic E-state index is 12.2. The lowest BCUT2D eigenvalue weighted by Crippen LogP contribution is -2.31. The summed E-state index contributed by atoms with van der Waals surface area (Å²) in [6, 6.07) is 13.9. The maximum Gasteiger partial charge on any atom is 0.299 e. The van der Waals surface area contributed by atoms with Gasteiger partial charge in [0.2, 0.25) is 0 Å². The lowest BCUT2D eigenvalue weighted by Gasteiger charge is -2.17. The van der Waals surface area contributed by atoms with Gasteiger partial charge in [0.1, 0.15) is 0 Å². The van der Waals surface area contributed by atoms with Gasteiger partial charge >= 0.3 is 0 Å². The van der Waals surface area contributed by atoms with E-state index in [9.17, 15) is 9.59 Å². The van der Waals surface area contributed by atoms with Crippen molar-refractivity contribution in [1.29, 1.82) is 0 Å². The number of anilines is 1. The van der Waals surface area contributed by atoms with Crippen LogP contribution in [0.2, 0.25) is 0 Å². The Morgan fingerprint density at radius 3 is 2.43 bits per heavy atom. The third-order valence-electron chi connectivity index (χ3n) is 3.88. The molecule has 0 fully saturated rings. The molecule has 0 spiro atoms. The van der Waals surface area contributed by atoms with Crippen molar-refractivity contribution in [3.63, 3.8) is 0 Å². The van der Waals surface area contributed by atoms with Gasteiger partial charge in [0.15, 0.2) is 0 Å². The second-order valence-electron chi connectivity index (χ2n) is 5.50. The Kier molecular flexibility index (Phi) is 3.34. The van der Waals surface area contributed by atoms with Gasteiger partial charge in [-0.15, -0.1) is 0 Å². The van der Waals surface area contributed by atoms with Crippen molar-refractivity contribution in [2.75, 3.05) is 11.4 Å². The lowest BCUT2D eigenvalue weighted by molar-refractivity contribution is -0.114. The predicted molar refractivity (Wildman–Crippen MR) is 82.7 cm³/mol. The molecule has 1 aliphatic rings. The van der Waals surface area contributed by atoms with Crippen LogP contribution in [-0.2, 0) is 11.2 Å². The topological polar surface area (TPSA) is 37.4 Å². The van der Waals surface area contributed by atoms with Crippen molar-refractivity contribution in [3.8, 4) is 0 Å². The SMILES string of the molecule is Cc1cc(C)c2c(c1)N(CCc1ccccc1)C(=O)C2=O. The Morgan fingerprint density at radius 1 is 1.00 bits per heavy atom. The number of ketones is 1. The molecule has 3 heteroatoms. The van der Waals surface area contributed by atoms with Gasteiger partial charge in [-0.2, -0.15) is 0 Å². The Labute approximate surface area is 124 Å². The zero-order valence-electron chi connectivity index (χ0n) is 12.2. The highest BCUT2D eigenvalue weighted by atomic mass is 16.2. The number of nitrogens with zero attached hydrogens (tertiary/aromatic N) is 1. The van der Waals surface area contributed by atoms with E-state index < -0.39 is 5.91 Å². The third-order valence-corrected chi connectivity index (χ3v) is 3.88. The molecule has 1 heterocycles. The molecule has 2 aromatic rings. The fourth-order valence-electron chi connectivity index (χ4n) is 2.90. The van der Waals surface area contributed by atoms with E-state index in [4.69, 9.17) is 0 Å². The normalized spacial score (nSPS) is 13.7. The van der Waals surface area contributed by atoms with Gasteiger partial charge in [0.05, 0.1) is 11.3 Å². The number of Topliss-reactive ketones (excluding diaryl/α,β-unsaturated/α-hetero) is 1. The van der Waals surface area contributed by atoms with Crippen LogP contribution in [-0.4, -0.2) is 18.2 Å². The molecule has 106 valence electrons. The molecule has 21 heavy (non-hydrogen) atoms. The van der Waals surface area contributed by atoms with E-state index in [0.717, 1.165) is 28.8 Å². The first-order valence-electron chi connectivity index (χ1n) is 7.09. The summed E-state index contributed by atoms with van der Waals surface area (Å²) in [6.07, 6.45) is 0.742. The van der Waals surface area contributed by atoms with Crippen molar-refractivity contribution >= 4 is 17.4 Å². The average Bonchev–Trinajstić information content (AvgIpc) is 2.70. The molecule has 0 radical (unpaired) electrons. The van der Waals surface area contributed by atoms with Crippen LogP contribution in [0, 0.1) is 13.8 Å². The molecule has 3 nitrogen and oxygen atoms in total. The number of carbonyl (C=O) groups excluding carboxylic acids is 2. The van der Waals surface area contributed by atoms with Gasteiger partial charge in [-0.05, 0) is 43.0 Å². The number of aryl methyl sites for hydroxylation is 2. The first-order valence-corrected chi connectivity index (χ1v) is 7.09. The van der Waals surface area contributed by atoms with Gasteiger partial charge < -0.3 is 4.90 Å². The van der Waals surface area contributed by atoms with E-state index in [1.165, 1.54) is 0 Å². The molecule has 0 aromatic heterocycles. The molecule has 0 atom stereocenters. The first kappa shape index (κ1) is 13.6. The fourth-order valence-corrected chi connectivity index (χ4v) is 2.90. The molecule has 1 aliphatic heterocycles. The second kappa shape index (κ2) is 5.17. The predicted octanol–water partition coefficient (Wildman–Crippen LogP) is 3.08. The van der Waals surface area contributed by atoms with Crippen LogP contribution < -0.4 is 4.90 Å². The summed E-state index contributed by atoms with van der Waals surface area (Å²) < 4.78 is 0. The summed E-state index contributed by atoms with van der Waals surface area (Å²) >= 11 is 0. The minimum Gasteiger partial charge on any atom is -0.304 e. The number of carbonyl (C=O) groups is 2. The summed E-state index contributed by atoms with van der Waals surface area (Å²) in [4.78, 5) is 26.0. The summed E-state index contributed by atoms with van der Waals surface area (Å²) in [5.74, 6) is -0.787. The fraction of sp³-hybridized carbons (Fsp3) is 0.222. The monoisotopic (exact) mass is 279 g/mol. The van der Waals surface area contributed by atoms with Crippen molar-refractivity contribution in [2.24, 2.45) is 0 Å². The molecular formula is C18H17NO2. The zero-order valence-corrected chi connectivity index (χ0v) is 12.2. The highest BCUT2D eigenvalue weighted by Gasteiger charge is 2.36. The average molecular weight is 279 g/mol. The highest BCUT2D eigenvalue weighted by molar-refractivity contribution is 6.52. The van der Waals surface area contributed by atoms with Gasteiger partial charge in [-0.1, -0.05) is 36.4 Å². The van der Waals surface area contributed by atoms with Crippen molar-refractivity contribution < 1.29 is 9.59 Å². The Hall–Kier alpha value is -2.42. The van der Waals surface area contributed by atoms with Crippen molar-refractivity contribution in [1.82, 2.24) is 0 Å². The zero-order chi connectivity index (χ0) is 15.0. The van der Waals surface area contributed by atoms with E-state index >= 15 is 0 Å². The minimum absolute atomic E-state index is 0.379. The Balaban J connectivity index is 1.91. The van der Waals surface area contributed by atoms with Crippen LogP contribution in [0.1, 0.15) is 27.0 Å². The Morgan fingerprint density at radius 2 is 1.71 bits per heavy atom. The number of benzene rings is 2. The van der Waals surface area contributed by atoms with Crippen molar-refractivity contribution in [2.45, 2.75) is 20.3 Å². The molecule has 0 saturated carbocycles. The number of hydrogen-bond donors (Lipinski definition) is 0. The highest BCUT2D eigenvalue weighted by Crippen LogP contribution is 2.32. The molecule has 1 amide bonds. The number of fused-ring (bicyclic) bond motifs is 1. The molecule has 2 aromatic carbocycles. The molecule has 0 aliphatic carbocycles. The maximum absolute atomic E-state index is 12.2. The first-order chi connectivity index (χ1) is 10.1. The van der Waals surface area contributed by atoms with Gasteiger partial charge in [-0.3, -0.25) is 9.59 Å². The van der Waals surface area contributed by atoms with E-state index in [0.29, 0.717) is 12.1 Å². The van der Waals surface area contributed by atoms with Gasteiger partial charge in [0, 0.05) is 6.54 Å². The second-order valence-corrected chi connectivity index (χ2v) is 5.50. The van der Waals surface area contributed by atoms with E-state index in [1.807, 2.05) is 56.3 Å². The lowest BCUT2D eigenvalue weighted by atomic mass is 10.0. The number of amides is 1. The van der Waals surface area contributed by atoms with E-state index in [2.05, 4.69) is 0 Å². The molecule has 0 bridgehead atoms. The van der Waals surface area contributed by atoms with Crippen LogP contribution in [0.15, 0.2) is 42.5 Å². The summed E-state index contributed by atoms with van der Waals surface area (Å²) in [5, 5.41) is 0. The minimum atomic E-state index is -0.408. The molecule has 0 N–H and O–H groups in total.